The zero-order valence-electron chi connectivity index (χ0n) is 11.4. The summed E-state index contributed by atoms with van der Waals surface area (Å²) in [6.07, 6.45) is 7.17. The molecule has 0 N–H and O–H groups in total. The number of rotatable bonds is 4. The third kappa shape index (κ3) is 3.22. The number of hydrogen-bond acceptors (Lipinski definition) is 7. The molecule has 1 saturated heterocycles. The monoisotopic (exact) mass is 291 g/mol. The van der Waals surface area contributed by atoms with Gasteiger partial charge in [-0.25, -0.2) is 9.97 Å². The normalized spacial score (nSPS) is 16.4. The Bertz CT molecular complexity index is 539. The van der Waals surface area contributed by atoms with Gasteiger partial charge in [-0.2, -0.15) is 4.37 Å². The summed E-state index contributed by atoms with van der Waals surface area (Å²) in [5, 5.41) is 1.04. The Labute approximate surface area is 122 Å². The molecule has 20 heavy (non-hydrogen) atoms. The maximum atomic E-state index is 5.67. The van der Waals surface area contributed by atoms with E-state index in [1.54, 1.807) is 18.6 Å². The lowest BCUT2D eigenvalue weighted by molar-refractivity contribution is 0.215. The number of ether oxygens (including phenoxy) is 1. The van der Waals surface area contributed by atoms with E-state index in [2.05, 4.69) is 24.2 Å². The average Bonchev–Trinajstić information content (AvgIpc) is 2.93. The average molecular weight is 291 g/mol. The Hall–Kier alpha value is -1.76. The highest BCUT2D eigenvalue weighted by molar-refractivity contribution is 7.09. The van der Waals surface area contributed by atoms with Crippen molar-refractivity contribution in [1.29, 1.82) is 0 Å². The molecule has 6 nitrogen and oxygen atoms in total. The van der Waals surface area contributed by atoms with Crippen LogP contribution in [0.5, 0.6) is 5.88 Å². The number of aryl methyl sites for hydroxylation is 1. The van der Waals surface area contributed by atoms with E-state index in [0.29, 0.717) is 18.4 Å². The van der Waals surface area contributed by atoms with Crippen molar-refractivity contribution < 1.29 is 4.74 Å². The van der Waals surface area contributed by atoms with Crippen molar-refractivity contribution in [1.82, 2.24) is 19.3 Å². The molecule has 3 heterocycles. The standard InChI is InChI=1S/C13H17N5OS/c1-10-16-13(20-17-10)18-6-2-11(3-7-18)9-19-12-8-14-4-5-15-12/h4-5,8,11H,2-3,6-7,9H2,1H3. The van der Waals surface area contributed by atoms with Gasteiger partial charge in [-0.05, 0) is 25.7 Å². The van der Waals surface area contributed by atoms with Gasteiger partial charge in [0.15, 0.2) is 0 Å². The molecule has 0 spiro atoms. The smallest absolute Gasteiger partial charge is 0.232 e. The van der Waals surface area contributed by atoms with Crippen LogP contribution < -0.4 is 9.64 Å². The second kappa shape index (κ2) is 6.13. The highest BCUT2D eigenvalue weighted by atomic mass is 32.1. The summed E-state index contributed by atoms with van der Waals surface area (Å²) in [6.45, 7) is 4.68. The maximum absolute atomic E-state index is 5.67. The highest BCUT2D eigenvalue weighted by Gasteiger charge is 2.22. The third-order valence-electron chi connectivity index (χ3n) is 3.41. The summed E-state index contributed by atoms with van der Waals surface area (Å²) in [7, 11) is 0. The van der Waals surface area contributed by atoms with Gasteiger partial charge in [-0.1, -0.05) is 0 Å². The minimum atomic E-state index is 0.572. The molecule has 2 aromatic heterocycles. The summed E-state index contributed by atoms with van der Waals surface area (Å²) < 4.78 is 9.91. The fourth-order valence-electron chi connectivity index (χ4n) is 2.27. The first kappa shape index (κ1) is 13.2. The van der Waals surface area contributed by atoms with Crippen molar-refractivity contribution in [2.45, 2.75) is 19.8 Å². The van der Waals surface area contributed by atoms with Crippen molar-refractivity contribution in [3.05, 3.63) is 24.4 Å². The molecule has 0 bridgehead atoms. The number of nitrogens with zero attached hydrogens (tertiary/aromatic N) is 5. The van der Waals surface area contributed by atoms with E-state index in [0.717, 1.165) is 36.9 Å². The predicted molar refractivity (Wildman–Crippen MR) is 77.1 cm³/mol. The summed E-state index contributed by atoms with van der Waals surface area (Å²) in [4.78, 5) is 14.9. The molecule has 0 saturated carbocycles. The van der Waals surface area contributed by atoms with Crippen LogP contribution >= 0.6 is 11.5 Å². The molecule has 0 aliphatic carbocycles. The van der Waals surface area contributed by atoms with Crippen LogP contribution in [0.25, 0.3) is 0 Å². The first-order chi connectivity index (χ1) is 9.81. The van der Waals surface area contributed by atoms with E-state index in [1.807, 2.05) is 6.92 Å². The third-order valence-corrected chi connectivity index (χ3v) is 4.28. The molecule has 7 heteroatoms. The topological polar surface area (TPSA) is 64.0 Å². The number of anilines is 1. The van der Waals surface area contributed by atoms with E-state index in [-0.39, 0.29) is 0 Å². The van der Waals surface area contributed by atoms with Gasteiger partial charge >= 0.3 is 0 Å². The van der Waals surface area contributed by atoms with Crippen LogP contribution in [-0.2, 0) is 0 Å². The molecule has 1 aliphatic heterocycles. The molecule has 0 amide bonds. The Morgan fingerprint density at radius 3 is 2.85 bits per heavy atom. The van der Waals surface area contributed by atoms with Crippen LogP contribution in [0, 0.1) is 12.8 Å². The lowest BCUT2D eigenvalue weighted by Crippen LogP contribution is -2.35. The van der Waals surface area contributed by atoms with Gasteiger partial charge in [0.05, 0.1) is 12.8 Å². The molecule has 2 aromatic rings. The van der Waals surface area contributed by atoms with Crippen molar-refractivity contribution in [2.24, 2.45) is 5.92 Å². The fraction of sp³-hybridized carbons (Fsp3) is 0.538. The Balaban J connectivity index is 1.47. The molecule has 1 fully saturated rings. The van der Waals surface area contributed by atoms with Gasteiger partial charge in [-0.15, -0.1) is 0 Å². The Morgan fingerprint density at radius 1 is 1.35 bits per heavy atom. The lowest BCUT2D eigenvalue weighted by atomic mass is 9.98. The molecule has 0 aromatic carbocycles. The van der Waals surface area contributed by atoms with Gasteiger partial charge in [0, 0.05) is 37.0 Å². The molecule has 106 valence electrons. The van der Waals surface area contributed by atoms with Crippen LogP contribution in [0.4, 0.5) is 5.13 Å². The molecule has 0 radical (unpaired) electrons. The molecule has 0 unspecified atom stereocenters. The van der Waals surface area contributed by atoms with Crippen LogP contribution in [-0.4, -0.2) is 39.0 Å². The first-order valence-corrected chi connectivity index (χ1v) is 7.52. The van der Waals surface area contributed by atoms with E-state index in [9.17, 15) is 0 Å². The van der Waals surface area contributed by atoms with Crippen molar-refractivity contribution in [3.63, 3.8) is 0 Å². The fourth-order valence-corrected chi connectivity index (χ4v) is 2.99. The van der Waals surface area contributed by atoms with Crippen LogP contribution in [0.2, 0.25) is 0 Å². The molecule has 3 rings (SSSR count). The summed E-state index contributed by atoms with van der Waals surface area (Å²) in [6, 6.07) is 0. The van der Waals surface area contributed by atoms with Crippen molar-refractivity contribution in [3.8, 4) is 5.88 Å². The zero-order valence-corrected chi connectivity index (χ0v) is 12.2. The van der Waals surface area contributed by atoms with Crippen LogP contribution in [0.3, 0.4) is 0 Å². The van der Waals surface area contributed by atoms with Crippen LogP contribution in [0.15, 0.2) is 18.6 Å². The lowest BCUT2D eigenvalue weighted by Gasteiger charge is -2.31. The second-order valence-electron chi connectivity index (χ2n) is 4.91. The van der Waals surface area contributed by atoms with E-state index in [1.165, 1.54) is 11.5 Å². The number of piperidine rings is 1. The molecule has 1 aliphatic rings. The summed E-state index contributed by atoms with van der Waals surface area (Å²) in [5.74, 6) is 2.04. The van der Waals surface area contributed by atoms with Gasteiger partial charge < -0.3 is 9.64 Å². The SMILES string of the molecule is Cc1nsc(N2CCC(COc3cnccn3)CC2)n1. The second-order valence-corrected chi connectivity index (χ2v) is 5.64. The highest BCUT2D eigenvalue weighted by Crippen LogP contribution is 2.24. The van der Waals surface area contributed by atoms with E-state index < -0.39 is 0 Å². The van der Waals surface area contributed by atoms with Gasteiger partial charge in [-0.3, -0.25) is 4.98 Å². The van der Waals surface area contributed by atoms with Gasteiger partial charge in [0.2, 0.25) is 11.0 Å². The minimum absolute atomic E-state index is 0.572. The van der Waals surface area contributed by atoms with Crippen LogP contribution in [0.1, 0.15) is 18.7 Å². The van der Waals surface area contributed by atoms with Gasteiger partial charge in [0.25, 0.3) is 0 Å². The van der Waals surface area contributed by atoms with E-state index >= 15 is 0 Å². The zero-order chi connectivity index (χ0) is 13.8. The largest absolute Gasteiger partial charge is 0.476 e. The summed E-state index contributed by atoms with van der Waals surface area (Å²) in [5.41, 5.74) is 0. The van der Waals surface area contributed by atoms with Gasteiger partial charge in [0.1, 0.15) is 5.82 Å². The van der Waals surface area contributed by atoms with E-state index in [4.69, 9.17) is 4.74 Å². The summed E-state index contributed by atoms with van der Waals surface area (Å²) >= 11 is 1.48. The maximum Gasteiger partial charge on any atom is 0.232 e. The molecular weight excluding hydrogens is 274 g/mol. The first-order valence-electron chi connectivity index (χ1n) is 6.75. The van der Waals surface area contributed by atoms with Crippen molar-refractivity contribution >= 4 is 16.7 Å². The Morgan fingerprint density at radius 2 is 2.20 bits per heavy atom. The minimum Gasteiger partial charge on any atom is -0.476 e. The molecule has 0 atom stereocenters. The Kier molecular flexibility index (Phi) is 4.05. The number of aromatic nitrogens is 4. The quantitative estimate of drug-likeness (QED) is 0.857. The molecular formula is C13H17N5OS. The predicted octanol–water partition coefficient (Wildman–Crippen LogP) is 1.93. The van der Waals surface area contributed by atoms with Crippen molar-refractivity contribution in [2.75, 3.05) is 24.6 Å². The number of hydrogen-bond donors (Lipinski definition) is 0.